The van der Waals surface area contributed by atoms with Gasteiger partial charge in [-0.1, -0.05) is 35.9 Å². The minimum Gasteiger partial charge on any atom is -0.481 e. The molecule has 114 valence electrons. The summed E-state index contributed by atoms with van der Waals surface area (Å²) in [6.45, 7) is 3.64. The van der Waals surface area contributed by atoms with Gasteiger partial charge in [-0.05, 0) is 49.2 Å². The van der Waals surface area contributed by atoms with E-state index in [1.807, 2.05) is 43.3 Å². The van der Waals surface area contributed by atoms with Crippen LogP contribution in [0.4, 0.5) is 0 Å². The molecule has 0 fully saturated rings. The van der Waals surface area contributed by atoms with E-state index in [1.54, 1.807) is 25.3 Å². The van der Waals surface area contributed by atoms with E-state index in [9.17, 15) is 4.79 Å². The van der Waals surface area contributed by atoms with Crippen molar-refractivity contribution in [1.29, 1.82) is 0 Å². The minimum absolute atomic E-state index is 0.313. The summed E-state index contributed by atoms with van der Waals surface area (Å²) in [7, 11) is 0. The molecule has 2 aromatic carbocycles. The van der Waals surface area contributed by atoms with E-state index in [0.717, 1.165) is 11.1 Å². The molecular formula is C17H17ClN2O2. The Hall–Kier alpha value is -2.33. The molecule has 1 N–H and O–H groups in total. The number of ether oxygens (including phenoxy) is 1. The van der Waals surface area contributed by atoms with Gasteiger partial charge in [0.15, 0.2) is 6.10 Å². The van der Waals surface area contributed by atoms with Gasteiger partial charge in [0.2, 0.25) is 0 Å². The molecule has 0 aliphatic carbocycles. The molecule has 0 saturated carbocycles. The second-order valence-electron chi connectivity index (χ2n) is 4.86. The Morgan fingerprint density at radius 2 is 2.00 bits per heavy atom. The van der Waals surface area contributed by atoms with Gasteiger partial charge in [-0.15, -0.1) is 0 Å². The number of hydrogen-bond donors (Lipinski definition) is 1. The van der Waals surface area contributed by atoms with Gasteiger partial charge in [-0.2, -0.15) is 5.10 Å². The molecule has 0 heterocycles. The molecule has 1 amide bonds. The van der Waals surface area contributed by atoms with Crippen LogP contribution < -0.4 is 10.2 Å². The first-order valence-corrected chi connectivity index (χ1v) is 7.24. The van der Waals surface area contributed by atoms with Crippen molar-refractivity contribution < 1.29 is 9.53 Å². The number of carbonyl (C=O) groups excluding carboxylic acids is 1. The normalized spacial score (nSPS) is 12.1. The topological polar surface area (TPSA) is 50.7 Å². The fourth-order valence-corrected chi connectivity index (χ4v) is 1.88. The largest absolute Gasteiger partial charge is 0.481 e. The van der Waals surface area contributed by atoms with Crippen LogP contribution >= 0.6 is 11.6 Å². The number of nitrogens with zero attached hydrogens (tertiary/aromatic N) is 1. The first-order chi connectivity index (χ1) is 10.5. The molecule has 1 unspecified atom stereocenters. The molecule has 0 aromatic heterocycles. The monoisotopic (exact) mass is 316 g/mol. The zero-order valence-corrected chi connectivity index (χ0v) is 13.2. The summed E-state index contributed by atoms with van der Waals surface area (Å²) < 4.78 is 5.57. The van der Waals surface area contributed by atoms with E-state index in [2.05, 4.69) is 10.5 Å². The number of aryl methyl sites for hydroxylation is 1. The standard InChI is InChI=1S/C17H17ClN2O2/c1-12-4-3-5-16(10-12)22-13(2)17(21)20-19-11-14-6-8-15(18)9-7-14/h3-11,13H,1-2H3,(H,20,21)/b19-11-. The van der Waals surface area contributed by atoms with Gasteiger partial charge >= 0.3 is 0 Å². The van der Waals surface area contributed by atoms with E-state index in [0.29, 0.717) is 10.8 Å². The van der Waals surface area contributed by atoms with Crippen LogP contribution in [0.15, 0.2) is 53.6 Å². The number of hydrazone groups is 1. The van der Waals surface area contributed by atoms with Gasteiger partial charge in [0.1, 0.15) is 5.75 Å². The molecule has 2 rings (SSSR count). The van der Waals surface area contributed by atoms with Crippen LogP contribution in [-0.2, 0) is 4.79 Å². The number of hydrogen-bond acceptors (Lipinski definition) is 3. The van der Waals surface area contributed by atoms with Crippen LogP contribution in [0, 0.1) is 6.92 Å². The van der Waals surface area contributed by atoms with Crippen LogP contribution in [0.3, 0.4) is 0 Å². The fraction of sp³-hybridized carbons (Fsp3) is 0.176. The summed E-state index contributed by atoms with van der Waals surface area (Å²) in [6, 6.07) is 14.7. The highest BCUT2D eigenvalue weighted by atomic mass is 35.5. The fourth-order valence-electron chi connectivity index (χ4n) is 1.76. The van der Waals surface area contributed by atoms with Crippen molar-refractivity contribution in [2.24, 2.45) is 5.10 Å². The molecule has 5 heteroatoms. The molecule has 0 aliphatic rings. The molecule has 2 aromatic rings. The van der Waals surface area contributed by atoms with Crippen molar-refractivity contribution in [2.45, 2.75) is 20.0 Å². The van der Waals surface area contributed by atoms with Gasteiger partial charge in [0, 0.05) is 5.02 Å². The molecular weight excluding hydrogens is 300 g/mol. The number of halogens is 1. The zero-order chi connectivity index (χ0) is 15.9. The Morgan fingerprint density at radius 1 is 1.27 bits per heavy atom. The summed E-state index contributed by atoms with van der Waals surface area (Å²) >= 11 is 5.80. The number of amides is 1. The molecule has 0 radical (unpaired) electrons. The lowest BCUT2D eigenvalue weighted by Gasteiger charge is -2.13. The van der Waals surface area contributed by atoms with Gasteiger partial charge in [0.05, 0.1) is 6.21 Å². The summed E-state index contributed by atoms with van der Waals surface area (Å²) in [6.07, 6.45) is 0.914. The lowest BCUT2D eigenvalue weighted by atomic mass is 10.2. The van der Waals surface area contributed by atoms with Gasteiger partial charge in [-0.25, -0.2) is 5.43 Å². The smallest absolute Gasteiger partial charge is 0.280 e. The maximum Gasteiger partial charge on any atom is 0.280 e. The van der Waals surface area contributed by atoms with Crippen LogP contribution in [-0.4, -0.2) is 18.2 Å². The summed E-state index contributed by atoms with van der Waals surface area (Å²) in [4.78, 5) is 11.9. The van der Waals surface area contributed by atoms with E-state index in [1.165, 1.54) is 0 Å². The van der Waals surface area contributed by atoms with Crippen LogP contribution in [0.5, 0.6) is 5.75 Å². The maximum absolute atomic E-state index is 11.9. The summed E-state index contributed by atoms with van der Waals surface area (Å²) in [5.41, 5.74) is 4.37. The van der Waals surface area contributed by atoms with Crippen molar-refractivity contribution in [3.8, 4) is 5.75 Å². The molecule has 22 heavy (non-hydrogen) atoms. The number of rotatable bonds is 5. The van der Waals surface area contributed by atoms with Crippen molar-refractivity contribution in [3.63, 3.8) is 0 Å². The number of nitrogens with one attached hydrogen (secondary N) is 1. The summed E-state index contributed by atoms with van der Waals surface area (Å²) in [5.74, 6) is 0.344. The Labute approximate surface area is 134 Å². The van der Waals surface area contributed by atoms with Gasteiger partial charge in [0.25, 0.3) is 5.91 Å². The predicted molar refractivity (Wildman–Crippen MR) is 88.5 cm³/mol. The third-order valence-electron chi connectivity index (χ3n) is 2.93. The third kappa shape index (κ3) is 4.90. The first kappa shape index (κ1) is 16.0. The van der Waals surface area contributed by atoms with E-state index in [4.69, 9.17) is 16.3 Å². The molecule has 1 atom stereocenters. The van der Waals surface area contributed by atoms with Crippen molar-refractivity contribution in [3.05, 3.63) is 64.7 Å². The first-order valence-electron chi connectivity index (χ1n) is 6.86. The van der Waals surface area contributed by atoms with E-state index < -0.39 is 6.10 Å². The maximum atomic E-state index is 11.9. The Kier molecular flexibility index (Phi) is 5.55. The number of benzene rings is 2. The highest BCUT2D eigenvalue weighted by Crippen LogP contribution is 2.14. The van der Waals surface area contributed by atoms with E-state index in [-0.39, 0.29) is 5.91 Å². The minimum atomic E-state index is -0.635. The molecule has 0 spiro atoms. The predicted octanol–water partition coefficient (Wildman–Crippen LogP) is 3.57. The zero-order valence-electron chi connectivity index (χ0n) is 12.4. The average Bonchev–Trinajstić information content (AvgIpc) is 2.49. The van der Waals surface area contributed by atoms with Crippen LogP contribution in [0.25, 0.3) is 0 Å². The molecule has 0 saturated heterocycles. The molecule has 4 nitrogen and oxygen atoms in total. The highest BCUT2D eigenvalue weighted by Gasteiger charge is 2.13. The number of carbonyl (C=O) groups is 1. The van der Waals surface area contributed by atoms with Crippen molar-refractivity contribution in [1.82, 2.24) is 5.43 Å². The molecule has 0 bridgehead atoms. The van der Waals surface area contributed by atoms with Crippen molar-refractivity contribution >= 4 is 23.7 Å². The SMILES string of the molecule is Cc1cccc(OC(C)C(=O)N/N=C\c2ccc(Cl)cc2)c1. The van der Waals surface area contributed by atoms with E-state index >= 15 is 0 Å². The third-order valence-corrected chi connectivity index (χ3v) is 3.18. The summed E-state index contributed by atoms with van der Waals surface area (Å²) in [5, 5.41) is 4.56. The van der Waals surface area contributed by atoms with Crippen molar-refractivity contribution in [2.75, 3.05) is 0 Å². The van der Waals surface area contributed by atoms with Gasteiger partial charge < -0.3 is 4.74 Å². The Balaban J connectivity index is 1.87. The lowest BCUT2D eigenvalue weighted by Crippen LogP contribution is -2.33. The second kappa shape index (κ2) is 7.61. The Bertz CT molecular complexity index is 669. The van der Waals surface area contributed by atoms with Crippen LogP contribution in [0.1, 0.15) is 18.1 Å². The Morgan fingerprint density at radius 3 is 2.68 bits per heavy atom. The highest BCUT2D eigenvalue weighted by molar-refractivity contribution is 6.30. The van der Waals surface area contributed by atoms with Crippen LogP contribution in [0.2, 0.25) is 5.02 Å². The quantitative estimate of drug-likeness (QED) is 0.677. The average molecular weight is 317 g/mol. The van der Waals surface area contributed by atoms with Gasteiger partial charge in [-0.3, -0.25) is 4.79 Å². The second-order valence-corrected chi connectivity index (χ2v) is 5.30. The molecule has 0 aliphatic heterocycles. The lowest BCUT2D eigenvalue weighted by molar-refractivity contribution is -0.127.